The predicted octanol–water partition coefficient (Wildman–Crippen LogP) is 2.64. The second-order valence-corrected chi connectivity index (χ2v) is 5.57. The van der Waals surface area contributed by atoms with E-state index < -0.39 is 0 Å². The molecule has 0 saturated heterocycles. The third-order valence-electron chi connectivity index (χ3n) is 3.09. The zero-order valence-electron chi connectivity index (χ0n) is 13.2. The Hall–Kier alpha value is -1.13. The van der Waals surface area contributed by atoms with Gasteiger partial charge >= 0.3 is 0 Å². The van der Waals surface area contributed by atoms with Crippen molar-refractivity contribution >= 4 is 5.82 Å². The van der Waals surface area contributed by atoms with Crippen molar-refractivity contribution in [2.45, 2.75) is 40.2 Å². The van der Waals surface area contributed by atoms with Crippen LogP contribution in [-0.4, -0.2) is 36.9 Å². The number of anilines is 1. The lowest BCUT2D eigenvalue weighted by Gasteiger charge is -2.26. The highest BCUT2D eigenvalue weighted by Crippen LogP contribution is 2.18. The fourth-order valence-corrected chi connectivity index (χ4v) is 2.21. The van der Waals surface area contributed by atoms with Crippen molar-refractivity contribution in [1.29, 1.82) is 0 Å². The lowest BCUT2D eigenvalue weighted by atomic mass is 10.1. The van der Waals surface area contributed by atoms with Crippen LogP contribution in [0, 0.1) is 5.92 Å². The number of hydrogen-bond donors (Lipinski definition) is 1. The Balaban J connectivity index is 2.99. The first-order chi connectivity index (χ1) is 9.60. The maximum Gasteiger partial charge on any atom is 0.129 e. The average molecular weight is 280 g/mol. The van der Waals surface area contributed by atoms with E-state index >= 15 is 0 Å². The van der Waals surface area contributed by atoms with Crippen LogP contribution in [0.4, 0.5) is 5.82 Å². The molecule has 20 heavy (non-hydrogen) atoms. The van der Waals surface area contributed by atoms with E-state index in [-0.39, 0.29) is 6.61 Å². The molecule has 0 saturated carbocycles. The smallest absolute Gasteiger partial charge is 0.129 e. The fourth-order valence-electron chi connectivity index (χ4n) is 2.21. The Morgan fingerprint density at radius 2 is 2.10 bits per heavy atom. The molecule has 0 bridgehead atoms. The topological polar surface area (TPSA) is 45.6 Å². The van der Waals surface area contributed by atoms with Gasteiger partial charge in [-0.3, -0.25) is 0 Å². The summed E-state index contributed by atoms with van der Waals surface area (Å²) in [6.07, 6.45) is 2.00. The minimum atomic E-state index is 0.0615. The highest BCUT2D eigenvalue weighted by molar-refractivity contribution is 5.43. The SMILES string of the molecule is CCCc1cc(CO)cc(N(CCOC)CC(C)C)n1. The summed E-state index contributed by atoms with van der Waals surface area (Å²) in [5.41, 5.74) is 1.99. The second-order valence-electron chi connectivity index (χ2n) is 5.57. The molecule has 114 valence electrons. The molecule has 0 unspecified atom stereocenters. The molecule has 4 heteroatoms. The number of pyridine rings is 1. The lowest BCUT2D eigenvalue weighted by molar-refractivity contribution is 0.204. The van der Waals surface area contributed by atoms with E-state index in [1.54, 1.807) is 7.11 Å². The number of aryl methyl sites for hydroxylation is 1. The molecule has 1 aromatic heterocycles. The molecule has 0 aliphatic carbocycles. The van der Waals surface area contributed by atoms with Crippen molar-refractivity contribution in [2.24, 2.45) is 5.92 Å². The van der Waals surface area contributed by atoms with Crippen LogP contribution in [0.1, 0.15) is 38.4 Å². The number of aliphatic hydroxyl groups excluding tert-OH is 1. The molecule has 4 nitrogen and oxygen atoms in total. The zero-order chi connectivity index (χ0) is 15.0. The molecule has 0 fully saturated rings. The van der Waals surface area contributed by atoms with Gasteiger partial charge in [0.25, 0.3) is 0 Å². The molecule has 0 spiro atoms. The van der Waals surface area contributed by atoms with Crippen molar-refractivity contribution in [1.82, 2.24) is 4.98 Å². The Kier molecular flexibility index (Phi) is 7.55. The molecule has 1 heterocycles. The summed E-state index contributed by atoms with van der Waals surface area (Å²) in [7, 11) is 1.72. The van der Waals surface area contributed by atoms with Gasteiger partial charge in [0.05, 0.1) is 13.2 Å². The monoisotopic (exact) mass is 280 g/mol. The van der Waals surface area contributed by atoms with Crippen LogP contribution in [0.3, 0.4) is 0 Å². The van der Waals surface area contributed by atoms with Crippen LogP contribution >= 0.6 is 0 Å². The van der Waals surface area contributed by atoms with Gasteiger partial charge in [-0.15, -0.1) is 0 Å². The molecule has 1 N–H and O–H groups in total. The van der Waals surface area contributed by atoms with Crippen LogP contribution in [0.25, 0.3) is 0 Å². The normalized spacial score (nSPS) is 11.1. The molecule has 0 aliphatic heterocycles. The summed E-state index contributed by atoms with van der Waals surface area (Å²) in [4.78, 5) is 6.98. The predicted molar refractivity (Wildman–Crippen MR) is 83.1 cm³/mol. The molecule has 0 amide bonds. The maximum absolute atomic E-state index is 9.42. The van der Waals surface area contributed by atoms with Crippen LogP contribution in [0.15, 0.2) is 12.1 Å². The van der Waals surface area contributed by atoms with Crippen LogP contribution in [0.5, 0.6) is 0 Å². The Morgan fingerprint density at radius 3 is 2.65 bits per heavy atom. The van der Waals surface area contributed by atoms with E-state index in [4.69, 9.17) is 9.72 Å². The maximum atomic E-state index is 9.42. The molecule has 0 atom stereocenters. The van der Waals surface area contributed by atoms with Gasteiger partial charge in [-0.2, -0.15) is 0 Å². The van der Waals surface area contributed by atoms with Gasteiger partial charge in [0.2, 0.25) is 0 Å². The summed E-state index contributed by atoms with van der Waals surface area (Å²) >= 11 is 0. The fraction of sp³-hybridized carbons (Fsp3) is 0.688. The molecule has 1 rings (SSSR count). The number of ether oxygens (including phenoxy) is 1. The Bertz CT molecular complexity index is 394. The Morgan fingerprint density at radius 1 is 1.35 bits per heavy atom. The first-order valence-electron chi connectivity index (χ1n) is 7.45. The molecule has 0 aliphatic rings. The standard InChI is InChI=1S/C16H28N2O2/c1-5-6-15-9-14(12-19)10-16(17-15)18(7-8-20-4)11-13(2)3/h9-10,13,19H,5-8,11-12H2,1-4H3. The molecular formula is C16H28N2O2. The minimum absolute atomic E-state index is 0.0615. The number of rotatable bonds is 9. The number of nitrogens with zero attached hydrogens (tertiary/aromatic N) is 2. The van der Waals surface area contributed by atoms with Gasteiger partial charge in [-0.1, -0.05) is 27.2 Å². The van der Waals surface area contributed by atoms with Gasteiger partial charge in [-0.25, -0.2) is 4.98 Å². The summed E-state index contributed by atoms with van der Waals surface area (Å²) < 4.78 is 5.19. The largest absolute Gasteiger partial charge is 0.392 e. The third kappa shape index (κ3) is 5.47. The molecular weight excluding hydrogens is 252 g/mol. The number of aliphatic hydroxyl groups is 1. The zero-order valence-corrected chi connectivity index (χ0v) is 13.2. The lowest BCUT2D eigenvalue weighted by Crippen LogP contribution is -2.32. The van der Waals surface area contributed by atoms with Gasteiger partial charge < -0.3 is 14.7 Å². The average Bonchev–Trinajstić information content (AvgIpc) is 2.43. The van der Waals surface area contributed by atoms with E-state index in [9.17, 15) is 5.11 Å². The summed E-state index contributed by atoms with van der Waals surface area (Å²) in [5.74, 6) is 1.51. The number of methoxy groups -OCH3 is 1. The van der Waals surface area contributed by atoms with Gasteiger partial charge in [0, 0.05) is 25.9 Å². The van der Waals surface area contributed by atoms with Crippen LogP contribution in [0.2, 0.25) is 0 Å². The molecule has 0 aromatic carbocycles. The highest BCUT2D eigenvalue weighted by atomic mass is 16.5. The quantitative estimate of drug-likeness (QED) is 0.755. The van der Waals surface area contributed by atoms with Crippen molar-refractivity contribution < 1.29 is 9.84 Å². The van der Waals surface area contributed by atoms with Crippen molar-refractivity contribution in [2.75, 3.05) is 31.7 Å². The van der Waals surface area contributed by atoms with Gasteiger partial charge in [-0.05, 0) is 30.0 Å². The number of aromatic nitrogens is 1. The summed E-state index contributed by atoms with van der Waals surface area (Å²) in [5, 5.41) is 9.42. The van der Waals surface area contributed by atoms with E-state index in [2.05, 4.69) is 25.7 Å². The first kappa shape index (κ1) is 16.9. The molecule has 0 radical (unpaired) electrons. The van der Waals surface area contributed by atoms with Gasteiger partial charge in [0.1, 0.15) is 5.82 Å². The van der Waals surface area contributed by atoms with Crippen LogP contribution < -0.4 is 4.90 Å². The van der Waals surface area contributed by atoms with Gasteiger partial charge in [0.15, 0.2) is 0 Å². The third-order valence-corrected chi connectivity index (χ3v) is 3.09. The van der Waals surface area contributed by atoms with E-state index in [0.717, 1.165) is 43.0 Å². The Labute approximate surface area is 122 Å². The van der Waals surface area contributed by atoms with E-state index in [0.29, 0.717) is 12.5 Å². The summed E-state index contributed by atoms with van der Waals surface area (Å²) in [6, 6.07) is 3.98. The highest BCUT2D eigenvalue weighted by Gasteiger charge is 2.12. The van der Waals surface area contributed by atoms with E-state index in [1.165, 1.54) is 0 Å². The van der Waals surface area contributed by atoms with Crippen LogP contribution in [-0.2, 0) is 17.8 Å². The van der Waals surface area contributed by atoms with E-state index in [1.807, 2.05) is 12.1 Å². The minimum Gasteiger partial charge on any atom is -0.392 e. The summed E-state index contributed by atoms with van der Waals surface area (Å²) in [6.45, 7) is 9.04. The number of hydrogen-bond acceptors (Lipinski definition) is 4. The second kappa shape index (κ2) is 8.93. The van der Waals surface area contributed by atoms with Crippen molar-refractivity contribution in [3.63, 3.8) is 0 Å². The van der Waals surface area contributed by atoms with Crippen molar-refractivity contribution in [3.05, 3.63) is 23.4 Å². The molecule has 1 aromatic rings. The van der Waals surface area contributed by atoms with Crippen molar-refractivity contribution in [3.8, 4) is 0 Å². The first-order valence-corrected chi connectivity index (χ1v) is 7.45.